The number of hydrogen-bond acceptors (Lipinski definition) is 6. The molecule has 0 unspecified atom stereocenters. The third kappa shape index (κ3) is 3.46. The van der Waals surface area contributed by atoms with Crippen molar-refractivity contribution in [2.24, 2.45) is 4.99 Å². The second kappa shape index (κ2) is 8.08. The van der Waals surface area contributed by atoms with Gasteiger partial charge in [0.05, 0.1) is 27.8 Å². The van der Waals surface area contributed by atoms with Gasteiger partial charge in [0.1, 0.15) is 17.4 Å². The third-order valence-electron chi connectivity index (χ3n) is 4.62. The van der Waals surface area contributed by atoms with Gasteiger partial charge in [-0.05, 0) is 44.2 Å². The minimum Gasteiger partial charge on any atom is -0.463 e. The van der Waals surface area contributed by atoms with Crippen LogP contribution in [0.4, 0.5) is 0 Å². The summed E-state index contributed by atoms with van der Waals surface area (Å²) in [6.45, 7) is 4.54. The van der Waals surface area contributed by atoms with Crippen molar-refractivity contribution >= 4 is 44.4 Å². The van der Waals surface area contributed by atoms with Gasteiger partial charge in [0.25, 0.3) is 5.91 Å². The topological polar surface area (TPSA) is 90.9 Å². The Kier molecular flexibility index (Phi) is 5.33. The second-order valence-corrected chi connectivity index (χ2v) is 7.43. The van der Waals surface area contributed by atoms with Gasteiger partial charge in [-0.2, -0.15) is 4.99 Å². The summed E-state index contributed by atoms with van der Waals surface area (Å²) in [4.78, 5) is 42.1. The van der Waals surface area contributed by atoms with Crippen molar-refractivity contribution in [3.8, 4) is 0 Å². The number of carbonyl (C=O) groups is 2. The molecule has 152 valence electrons. The Labute approximate surface area is 174 Å². The average Bonchev–Trinajstić information content (AvgIpc) is 3.10. The summed E-state index contributed by atoms with van der Waals surface area (Å²) in [6, 6.07) is 11.9. The number of rotatable bonds is 4. The molecule has 0 bridgehead atoms. The molecule has 0 fully saturated rings. The minimum absolute atomic E-state index is 0.124. The Hall–Kier alpha value is -3.52. The summed E-state index contributed by atoms with van der Waals surface area (Å²) >= 11 is 1.27. The van der Waals surface area contributed by atoms with Crippen LogP contribution in [0.3, 0.4) is 0 Å². The number of hydrogen-bond donors (Lipinski definition) is 0. The molecule has 0 aliphatic carbocycles. The van der Waals surface area contributed by atoms with E-state index < -0.39 is 17.3 Å². The molecule has 0 spiro atoms. The van der Waals surface area contributed by atoms with Crippen LogP contribution in [0.5, 0.6) is 0 Å². The number of fused-ring (bicyclic) bond motifs is 2. The van der Waals surface area contributed by atoms with Crippen LogP contribution in [-0.4, -0.2) is 23.1 Å². The maximum Gasteiger partial charge on any atom is 0.338 e. The first-order valence-electron chi connectivity index (χ1n) is 9.43. The number of amides is 1. The Morgan fingerprint density at radius 1 is 1.17 bits per heavy atom. The van der Waals surface area contributed by atoms with E-state index in [9.17, 15) is 14.4 Å². The number of esters is 1. The second-order valence-electron chi connectivity index (χ2n) is 6.42. The lowest BCUT2D eigenvalue weighted by Crippen LogP contribution is -2.19. The predicted molar refractivity (Wildman–Crippen MR) is 114 cm³/mol. The maximum absolute atomic E-state index is 12.8. The maximum atomic E-state index is 12.8. The molecule has 4 rings (SSSR count). The molecule has 0 aliphatic heterocycles. The van der Waals surface area contributed by atoms with Crippen molar-refractivity contribution in [1.29, 1.82) is 0 Å². The van der Waals surface area contributed by atoms with Crippen LogP contribution >= 0.6 is 11.3 Å². The van der Waals surface area contributed by atoms with E-state index in [0.717, 1.165) is 16.5 Å². The molecule has 2 heterocycles. The highest BCUT2D eigenvalue weighted by atomic mass is 32.1. The Bertz CT molecular complexity index is 1410. The highest BCUT2D eigenvalue weighted by Crippen LogP contribution is 2.20. The lowest BCUT2D eigenvalue weighted by Gasteiger charge is -2.03. The molecule has 2 aromatic heterocycles. The highest BCUT2D eigenvalue weighted by Gasteiger charge is 2.16. The third-order valence-corrected chi connectivity index (χ3v) is 5.66. The van der Waals surface area contributed by atoms with Crippen LogP contribution in [0.1, 0.15) is 34.6 Å². The number of aromatic nitrogens is 1. The zero-order valence-electron chi connectivity index (χ0n) is 16.4. The van der Waals surface area contributed by atoms with Crippen molar-refractivity contribution in [2.45, 2.75) is 20.4 Å². The fourth-order valence-electron chi connectivity index (χ4n) is 3.18. The van der Waals surface area contributed by atoms with Gasteiger partial charge in [-0.25, -0.2) is 4.79 Å². The van der Waals surface area contributed by atoms with Crippen molar-refractivity contribution < 1.29 is 18.7 Å². The van der Waals surface area contributed by atoms with E-state index in [4.69, 9.17) is 9.15 Å². The average molecular weight is 422 g/mol. The molecular formula is C22H18N2O5S. The van der Waals surface area contributed by atoms with Gasteiger partial charge in [0.15, 0.2) is 4.80 Å². The molecule has 1 amide bonds. The Balaban J connectivity index is 1.82. The molecule has 4 aromatic rings. The lowest BCUT2D eigenvalue weighted by molar-refractivity contribution is 0.0526. The standard InChI is InChI=1S/C22H18N2O5S/c1-3-24-16-10-9-13(21(27)28-4-2)11-18(16)30-22(24)23-20(26)15-12-29-17-8-6-5-7-14(17)19(15)25/h5-12H,3-4H2,1-2H3. The normalized spacial score (nSPS) is 11.9. The molecule has 8 heteroatoms. The summed E-state index contributed by atoms with van der Waals surface area (Å²) < 4.78 is 13.1. The van der Waals surface area contributed by atoms with Crippen LogP contribution in [0.15, 0.2) is 62.9 Å². The lowest BCUT2D eigenvalue weighted by atomic mass is 10.2. The number of carbonyl (C=O) groups excluding carboxylic acids is 2. The number of thiazole rings is 1. The van der Waals surface area contributed by atoms with E-state index in [0.29, 0.717) is 34.5 Å². The van der Waals surface area contributed by atoms with E-state index in [1.807, 2.05) is 11.5 Å². The van der Waals surface area contributed by atoms with Crippen molar-refractivity contribution in [1.82, 2.24) is 4.57 Å². The predicted octanol–water partition coefficient (Wildman–Crippen LogP) is 3.75. The molecule has 0 atom stereocenters. The van der Waals surface area contributed by atoms with E-state index in [-0.39, 0.29) is 5.56 Å². The summed E-state index contributed by atoms with van der Waals surface area (Å²) in [7, 11) is 0. The molecule has 7 nitrogen and oxygen atoms in total. The Morgan fingerprint density at radius 3 is 2.73 bits per heavy atom. The quantitative estimate of drug-likeness (QED) is 0.467. The van der Waals surface area contributed by atoms with Gasteiger partial charge in [-0.1, -0.05) is 23.5 Å². The van der Waals surface area contributed by atoms with Crippen molar-refractivity contribution in [3.05, 3.63) is 74.9 Å². The van der Waals surface area contributed by atoms with Crippen LogP contribution in [-0.2, 0) is 11.3 Å². The minimum atomic E-state index is -0.672. The van der Waals surface area contributed by atoms with E-state index in [1.54, 1.807) is 49.4 Å². The molecular weight excluding hydrogens is 404 g/mol. The summed E-state index contributed by atoms with van der Waals surface area (Å²) in [5.41, 5.74) is 1.14. The fourth-order valence-corrected chi connectivity index (χ4v) is 4.31. The molecule has 0 radical (unpaired) electrons. The largest absolute Gasteiger partial charge is 0.463 e. The fraction of sp³-hybridized carbons (Fsp3) is 0.182. The van der Waals surface area contributed by atoms with Gasteiger partial charge in [0, 0.05) is 6.54 Å². The van der Waals surface area contributed by atoms with E-state index in [2.05, 4.69) is 4.99 Å². The molecule has 0 aliphatic rings. The van der Waals surface area contributed by atoms with Crippen LogP contribution in [0.2, 0.25) is 0 Å². The molecule has 0 saturated heterocycles. The molecule has 2 aromatic carbocycles. The molecule has 30 heavy (non-hydrogen) atoms. The first-order valence-corrected chi connectivity index (χ1v) is 10.2. The zero-order chi connectivity index (χ0) is 21.3. The Morgan fingerprint density at radius 2 is 1.97 bits per heavy atom. The number of aryl methyl sites for hydroxylation is 1. The van der Waals surface area contributed by atoms with Gasteiger partial charge < -0.3 is 13.7 Å². The number of nitrogens with zero attached hydrogens (tertiary/aromatic N) is 2. The van der Waals surface area contributed by atoms with Crippen molar-refractivity contribution in [3.63, 3.8) is 0 Å². The zero-order valence-corrected chi connectivity index (χ0v) is 17.2. The summed E-state index contributed by atoms with van der Waals surface area (Å²) in [5.74, 6) is -1.08. The smallest absolute Gasteiger partial charge is 0.338 e. The first-order chi connectivity index (χ1) is 14.5. The van der Waals surface area contributed by atoms with E-state index >= 15 is 0 Å². The summed E-state index contributed by atoms with van der Waals surface area (Å²) in [5, 5.41) is 0.331. The van der Waals surface area contributed by atoms with Crippen LogP contribution < -0.4 is 10.2 Å². The van der Waals surface area contributed by atoms with Crippen molar-refractivity contribution in [2.75, 3.05) is 6.61 Å². The van der Waals surface area contributed by atoms with Gasteiger partial charge >= 0.3 is 5.97 Å². The molecule has 0 saturated carbocycles. The number of ether oxygens (including phenoxy) is 1. The number of benzene rings is 2. The van der Waals surface area contributed by atoms with Gasteiger partial charge in [0.2, 0.25) is 5.43 Å². The van der Waals surface area contributed by atoms with Gasteiger partial charge in [-0.3, -0.25) is 9.59 Å². The highest BCUT2D eigenvalue weighted by molar-refractivity contribution is 7.16. The van der Waals surface area contributed by atoms with Crippen LogP contribution in [0.25, 0.3) is 21.2 Å². The first kappa shape index (κ1) is 19.8. The SMILES string of the molecule is CCOC(=O)c1ccc2c(c1)sc(=NC(=O)c1coc3ccccc3c1=O)n2CC. The van der Waals surface area contributed by atoms with Gasteiger partial charge in [-0.15, -0.1) is 0 Å². The summed E-state index contributed by atoms with van der Waals surface area (Å²) in [6.07, 6.45) is 1.15. The van der Waals surface area contributed by atoms with Crippen LogP contribution in [0, 0.1) is 0 Å². The molecule has 0 N–H and O–H groups in total. The monoisotopic (exact) mass is 422 g/mol. The number of para-hydroxylation sites is 1. The van der Waals surface area contributed by atoms with E-state index in [1.165, 1.54) is 11.3 Å².